The lowest BCUT2D eigenvalue weighted by atomic mass is 10.1. The third kappa shape index (κ3) is 4.02. The van der Waals surface area contributed by atoms with E-state index in [1.54, 1.807) is 0 Å². The lowest BCUT2D eigenvalue weighted by molar-refractivity contribution is -0.115. The summed E-state index contributed by atoms with van der Waals surface area (Å²) in [7, 11) is 0. The first kappa shape index (κ1) is 16.7. The number of carbonyl (C=O) groups is 1. The van der Waals surface area contributed by atoms with Gasteiger partial charge in [-0.1, -0.05) is 28.5 Å². The highest BCUT2D eigenvalue weighted by atomic mass is 32.1. The molecule has 3 aromatic rings. The molecule has 0 saturated carbocycles. The highest BCUT2D eigenvalue weighted by Gasteiger charge is 2.12. The van der Waals surface area contributed by atoms with Gasteiger partial charge in [-0.2, -0.15) is 0 Å². The van der Waals surface area contributed by atoms with Crippen molar-refractivity contribution in [2.24, 2.45) is 5.73 Å². The number of nitrogens with one attached hydrogen (secondary N) is 1. The number of aromatic nitrogens is 3. The van der Waals surface area contributed by atoms with Crippen molar-refractivity contribution in [1.29, 1.82) is 0 Å². The van der Waals surface area contributed by atoms with Gasteiger partial charge in [0.05, 0.1) is 12.1 Å². The Labute approximate surface area is 147 Å². The number of rotatable bonds is 5. The maximum absolute atomic E-state index is 12.1. The largest absolute Gasteiger partial charge is 0.325 e. The van der Waals surface area contributed by atoms with Crippen molar-refractivity contribution in [3.8, 4) is 10.6 Å². The number of hydrogen-bond donors (Lipinski definition) is 2. The number of nitrogens with two attached hydrogens (primary N) is 1. The molecular formula is C16H17N5OS2. The summed E-state index contributed by atoms with van der Waals surface area (Å²) in [5, 5.41) is 15.0. The Hall–Kier alpha value is -2.16. The number of thiazole rings is 1. The molecule has 0 saturated heterocycles. The van der Waals surface area contributed by atoms with E-state index >= 15 is 0 Å². The molecule has 0 aliphatic carbocycles. The van der Waals surface area contributed by atoms with Crippen LogP contribution in [0.15, 0.2) is 23.6 Å². The minimum absolute atomic E-state index is 0.160. The number of hydrogen-bond acceptors (Lipinski definition) is 7. The minimum atomic E-state index is -0.160. The zero-order valence-electron chi connectivity index (χ0n) is 13.4. The lowest BCUT2D eigenvalue weighted by Crippen LogP contribution is -2.14. The van der Waals surface area contributed by atoms with E-state index in [1.807, 2.05) is 19.2 Å². The fourth-order valence-electron chi connectivity index (χ4n) is 2.34. The van der Waals surface area contributed by atoms with Gasteiger partial charge in [-0.15, -0.1) is 21.5 Å². The van der Waals surface area contributed by atoms with Crippen LogP contribution in [0.1, 0.15) is 21.8 Å². The van der Waals surface area contributed by atoms with E-state index in [9.17, 15) is 4.79 Å². The van der Waals surface area contributed by atoms with E-state index in [2.05, 4.69) is 38.7 Å². The Bertz CT molecular complexity index is 851. The van der Waals surface area contributed by atoms with Gasteiger partial charge in [0.25, 0.3) is 0 Å². The first-order valence-electron chi connectivity index (χ1n) is 7.39. The molecule has 3 rings (SSSR count). The second-order valence-corrected chi connectivity index (χ2v) is 7.37. The summed E-state index contributed by atoms with van der Waals surface area (Å²) in [6.07, 6.45) is 0.203. The number of anilines is 1. The Balaban J connectivity index is 1.68. The highest BCUT2D eigenvalue weighted by molar-refractivity contribution is 7.18. The SMILES string of the molecule is Cc1cc(C)cc(-c2nnc(NC(=O)Cc3csc(CN)n3)s2)c1. The smallest absolute Gasteiger partial charge is 0.232 e. The van der Waals surface area contributed by atoms with Gasteiger partial charge >= 0.3 is 0 Å². The van der Waals surface area contributed by atoms with Gasteiger partial charge in [0, 0.05) is 17.5 Å². The summed E-state index contributed by atoms with van der Waals surface area (Å²) in [4.78, 5) is 16.4. The Morgan fingerprint density at radius 3 is 2.62 bits per heavy atom. The molecule has 0 atom stereocenters. The van der Waals surface area contributed by atoms with Crippen LogP contribution in [0.5, 0.6) is 0 Å². The van der Waals surface area contributed by atoms with Crippen molar-refractivity contribution in [2.75, 3.05) is 5.32 Å². The minimum Gasteiger partial charge on any atom is -0.325 e. The summed E-state index contributed by atoms with van der Waals surface area (Å²) in [5.41, 5.74) is 9.60. The zero-order valence-corrected chi connectivity index (χ0v) is 15.0. The van der Waals surface area contributed by atoms with Crippen LogP contribution in [0.25, 0.3) is 10.6 Å². The average Bonchev–Trinajstić information content (AvgIpc) is 3.15. The molecule has 0 fully saturated rings. The van der Waals surface area contributed by atoms with Gasteiger partial charge in [-0.25, -0.2) is 4.98 Å². The molecule has 124 valence electrons. The van der Waals surface area contributed by atoms with Crippen LogP contribution in [-0.2, 0) is 17.8 Å². The molecule has 0 aliphatic rings. The lowest BCUT2D eigenvalue weighted by Gasteiger charge is -2.00. The first-order chi connectivity index (χ1) is 11.5. The van der Waals surface area contributed by atoms with Crippen LogP contribution in [0.4, 0.5) is 5.13 Å². The third-order valence-electron chi connectivity index (χ3n) is 3.26. The molecule has 1 aromatic carbocycles. The van der Waals surface area contributed by atoms with Gasteiger partial charge < -0.3 is 11.1 Å². The molecule has 0 aliphatic heterocycles. The maximum atomic E-state index is 12.1. The summed E-state index contributed by atoms with van der Waals surface area (Å²) in [5.74, 6) is -0.160. The van der Waals surface area contributed by atoms with Gasteiger partial charge in [0.1, 0.15) is 10.0 Å². The molecule has 0 unspecified atom stereocenters. The molecule has 8 heteroatoms. The molecule has 3 N–H and O–H groups in total. The zero-order chi connectivity index (χ0) is 17.1. The quantitative estimate of drug-likeness (QED) is 0.730. The topological polar surface area (TPSA) is 93.8 Å². The number of aryl methyl sites for hydroxylation is 2. The number of nitrogens with zero attached hydrogens (tertiary/aromatic N) is 3. The summed E-state index contributed by atoms with van der Waals surface area (Å²) >= 11 is 2.82. The molecule has 6 nitrogen and oxygen atoms in total. The van der Waals surface area contributed by atoms with Gasteiger partial charge in [-0.3, -0.25) is 4.79 Å². The van der Waals surface area contributed by atoms with Crippen molar-refractivity contribution in [3.05, 3.63) is 45.4 Å². The number of benzene rings is 1. The fraction of sp³-hybridized carbons (Fsp3) is 0.250. The molecule has 2 aromatic heterocycles. The van der Waals surface area contributed by atoms with Crippen LogP contribution in [-0.4, -0.2) is 21.1 Å². The predicted molar refractivity (Wildman–Crippen MR) is 97.2 cm³/mol. The summed E-state index contributed by atoms with van der Waals surface area (Å²) in [6.45, 7) is 4.48. The van der Waals surface area contributed by atoms with Crippen LogP contribution in [0.2, 0.25) is 0 Å². The van der Waals surface area contributed by atoms with Crippen molar-refractivity contribution >= 4 is 33.7 Å². The molecule has 2 heterocycles. The molecule has 1 amide bonds. The average molecular weight is 359 g/mol. The standard InChI is InChI=1S/C16H17N5OS2/c1-9-3-10(2)5-11(4-9)15-20-21-16(24-15)19-13(22)6-12-8-23-14(7-17)18-12/h3-5,8H,6-7,17H2,1-2H3,(H,19,21,22). The highest BCUT2D eigenvalue weighted by Crippen LogP contribution is 2.28. The van der Waals surface area contributed by atoms with Gasteiger partial charge in [0.2, 0.25) is 11.0 Å². The second-order valence-electron chi connectivity index (χ2n) is 5.45. The Morgan fingerprint density at radius 2 is 1.96 bits per heavy atom. The second kappa shape index (κ2) is 7.16. The first-order valence-corrected chi connectivity index (χ1v) is 9.08. The monoisotopic (exact) mass is 359 g/mol. The van der Waals surface area contributed by atoms with Crippen LogP contribution < -0.4 is 11.1 Å². The van der Waals surface area contributed by atoms with E-state index in [0.29, 0.717) is 11.7 Å². The molecular weight excluding hydrogens is 342 g/mol. The van der Waals surface area contributed by atoms with Crippen molar-refractivity contribution in [1.82, 2.24) is 15.2 Å². The van der Waals surface area contributed by atoms with Gasteiger partial charge in [0.15, 0.2) is 0 Å². The summed E-state index contributed by atoms with van der Waals surface area (Å²) < 4.78 is 0. The van der Waals surface area contributed by atoms with E-state index in [0.717, 1.165) is 21.3 Å². The fourth-order valence-corrected chi connectivity index (χ4v) is 3.76. The Morgan fingerprint density at radius 1 is 1.21 bits per heavy atom. The van der Waals surface area contributed by atoms with Crippen LogP contribution in [0.3, 0.4) is 0 Å². The van der Waals surface area contributed by atoms with E-state index in [4.69, 9.17) is 5.73 Å². The predicted octanol–water partition coefficient (Wildman–Crippen LogP) is 2.92. The van der Waals surface area contributed by atoms with E-state index < -0.39 is 0 Å². The molecule has 0 bridgehead atoms. The van der Waals surface area contributed by atoms with Crippen LogP contribution >= 0.6 is 22.7 Å². The normalized spacial score (nSPS) is 10.8. The number of carbonyl (C=O) groups excluding carboxylic acids is 1. The molecule has 0 radical (unpaired) electrons. The maximum Gasteiger partial charge on any atom is 0.232 e. The van der Waals surface area contributed by atoms with Crippen molar-refractivity contribution in [2.45, 2.75) is 26.8 Å². The molecule has 24 heavy (non-hydrogen) atoms. The third-order valence-corrected chi connectivity index (χ3v) is 5.06. The summed E-state index contributed by atoms with van der Waals surface area (Å²) in [6, 6.07) is 6.22. The van der Waals surface area contributed by atoms with Crippen molar-refractivity contribution in [3.63, 3.8) is 0 Å². The molecule has 0 spiro atoms. The number of amides is 1. The van der Waals surface area contributed by atoms with Crippen molar-refractivity contribution < 1.29 is 4.79 Å². The van der Waals surface area contributed by atoms with E-state index in [-0.39, 0.29) is 12.3 Å². The van der Waals surface area contributed by atoms with Gasteiger partial charge in [-0.05, 0) is 26.0 Å². The van der Waals surface area contributed by atoms with E-state index in [1.165, 1.54) is 33.8 Å². The van der Waals surface area contributed by atoms with Crippen LogP contribution in [0, 0.1) is 13.8 Å². The Kier molecular flexibility index (Phi) is 4.98.